The molecule has 1 aromatic rings. The highest BCUT2D eigenvalue weighted by molar-refractivity contribution is 7.89. The number of aliphatic imine (C=N–C) groups is 1. The summed E-state index contributed by atoms with van der Waals surface area (Å²) in [6, 6.07) is 6.06. The lowest BCUT2D eigenvalue weighted by Crippen LogP contribution is -2.12. The molecule has 6 heteroatoms. The topological polar surface area (TPSA) is 72.5 Å². The molecule has 68 valence electrons. The van der Waals surface area contributed by atoms with Crippen molar-refractivity contribution in [2.24, 2.45) is 10.1 Å². The van der Waals surface area contributed by atoms with Gasteiger partial charge in [0.05, 0.1) is 10.8 Å². The molecule has 0 bridgehead atoms. The third kappa shape index (κ3) is 2.43. The Bertz CT molecular complexity index is 461. The van der Waals surface area contributed by atoms with E-state index in [1.807, 2.05) is 0 Å². The molecule has 0 saturated heterocycles. The fraction of sp³-hybridized carbons (Fsp3) is 0. The van der Waals surface area contributed by atoms with Crippen LogP contribution in [0.5, 0.6) is 0 Å². The Morgan fingerprint density at radius 3 is 2.54 bits per heavy atom. The Balaban J connectivity index is 3.45. The lowest BCUT2D eigenvalue weighted by molar-refractivity contribution is 0.598. The van der Waals surface area contributed by atoms with Gasteiger partial charge in [-0.1, -0.05) is 12.1 Å². The number of thiocarbonyl (C=S) groups is 1. The number of benzene rings is 1. The van der Waals surface area contributed by atoms with E-state index in [-0.39, 0.29) is 10.6 Å². The Morgan fingerprint density at radius 1 is 1.38 bits per heavy atom. The number of para-hydroxylation sites is 1. The molecule has 0 unspecified atom stereocenters. The number of primary sulfonamides is 1. The number of nitrogens with two attached hydrogens (primary N) is 1. The number of hydrogen-bond donors (Lipinski definition) is 1. The summed E-state index contributed by atoms with van der Waals surface area (Å²) in [7, 11) is -3.74. The van der Waals surface area contributed by atoms with Crippen LogP contribution in [0.15, 0.2) is 34.2 Å². The van der Waals surface area contributed by atoms with Crippen molar-refractivity contribution in [2.45, 2.75) is 4.90 Å². The standard InChI is InChI=1S/C7H6N2O2S2/c8-13(10,11)7-4-2-1-3-6(7)9-5-12/h1-4H,(H2,8,10,11). The Labute approximate surface area is 81.2 Å². The van der Waals surface area contributed by atoms with Crippen LogP contribution in [0.25, 0.3) is 0 Å². The van der Waals surface area contributed by atoms with E-state index in [0.29, 0.717) is 0 Å². The smallest absolute Gasteiger partial charge is 0.225 e. The molecule has 0 aliphatic carbocycles. The van der Waals surface area contributed by atoms with Gasteiger partial charge in [0.1, 0.15) is 4.90 Å². The van der Waals surface area contributed by atoms with Crippen molar-refractivity contribution in [3.8, 4) is 0 Å². The van der Waals surface area contributed by atoms with Crippen molar-refractivity contribution in [2.75, 3.05) is 0 Å². The van der Waals surface area contributed by atoms with Crippen LogP contribution >= 0.6 is 12.2 Å². The van der Waals surface area contributed by atoms with Crippen LogP contribution in [0.2, 0.25) is 0 Å². The van der Waals surface area contributed by atoms with E-state index in [1.165, 1.54) is 12.1 Å². The molecule has 0 aliphatic rings. The molecule has 0 atom stereocenters. The van der Waals surface area contributed by atoms with E-state index in [2.05, 4.69) is 22.4 Å². The highest BCUT2D eigenvalue weighted by atomic mass is 32.2. The molecule has 0 radical (unpaired) electrons. The normalized spacial score (nSPS) is 10.5. The van der Waals surface area contributed by atoms with E-state index in [1.54, 1.807) is 12.1 Å². The first kappa shape index (κ1) is 10.0. The summed E-state index contributed by atoms with van der Waals surface area (Å²) in [5.41, 5.74) is 0.208. The third-order valence-electron chi connectivity index (χ3n) is 1.34. The number of hydrogen-bond acceptors (Lipinski definition) is 4. The van der Waals surface area contributed by atoms with Gasteiger partial charge in [0.25, 0.3) is 0 Å². The van der Waals surface area contributed by atoms with Crippen LogP contribution in [0.1, 0.15) is 0 Å². The first-order chi connectivity index (χ1) is 6.05. The van der Waals surface area contributed by atoms with Crippen LogP contribution in [0.4, 0.5) is 5.69 Å². The highest BCUT2D eigenvalue weighted by Crippen LogP contribution is 2.21. The van der Waals surface area contributed by atoms with Crippen LogP contribution in [0.3, 0.4) is 0 Å². The molecule has 0 saturated carbocycles. The molecular weight excluding hydrogens is 208 g/mol. The Morgan fingerprint density at radius 2 is 2.00 bits per heavy atom. The Hall–Kier alpha value is -1.07. The quantitative estimate of drug-likeness (QED) is 0.591. The van der Waals surface area contributed by atoms with Crippen molar-refractivity contribution in [1.82, 2.24) is 0 Å². The van der Waals surface area contributed by atoms with Gasteiger partial charge in [-0.15, -0.1) is 0 Å². The maximum absolute atomic E-state index is 11.0. The zero-order valence-corrected chi connectivity index (χ0v) is 8.10. The molecule has 0 aromatic heterocycles. The van der Waals surface area contributed by atoms with Gasteiger partial charge in [-0.25, -0.2) is 13.6 Å². The van der Waals surface area contributed by atoms with Gasteiger partial charge in [-0.05, 0) is 24.4 Å². The first-order valence-corrected chi connectivity index (χ1v) is 5.21. The predicted molar refractivity (Wildman–Crippen MR) is 52.5 cm³/mol. The monoisotopic (exact) mass is 214 g/mol. The van der Waals surface area contributed by atoms with Gasteiger partial charge in [-0.2, -0.15) is 4.99 Å². The molecule has 13 heavy (non-hydrogen) atoms. The van der Waals surface area contributed by atoms with Crippen molar-refractivity contribution in [3.05, 3.63) is 24.3 Å². The van der Waals surface area contributed by atoms with E-state index in [4.69, 9.17) is 5.14 Å². The molecule has 0 aliphatic heterocycles. The van der Waals surface area contributed by atoms with Crippen molar-refractivity contribution < 1.29 is 8.42 Å². The number of isothiocyanates is 1. The minimum atomic E-state index is -3.74. The zero-order chi connectivity index (χ0) is 9.90. The van der Waals surface area contributed by atoms with E-state index < -0.39 is 10.0 Å². The van der Waals surface area contributed by atoms with Gasteiger partial charge in [0.15, 0.2) is 0 Å². The SMILES string of the molecule is NS(=O)(=O)c1ccccc1N=C=S. The summed E-state index contributed by atoms with van der Waals surface area (Å²) in [6.07, 6.45) is 0. The fourth-order valence-electron chi connectivity index (χ4n) is 0.839. The van der Waals surface area contributed by atoms with Crippen molar-refractivity contribution in [1.29, 1.82) is 0 Å². The van der Waals surface area contributed by atoms with Crippen molar-refractivity contribution >= 4 is 33.1 Å². The first-order valence-electron chi connectivity index (χ1n) is 3.25. The molecule has 0 spiro atoms. The number of sulfonamides is 1. The van der Waals surface area contributed by atoms with Crippen LogP contribution in [-0.2, 0) is 10.0 Å². The lowest BCUT2D eigenvalue weighted by Gasteiger charge is -1.99. The maximum atomic E-state index is 11.0. The Kier molecular flexibility index (Phi) is 2.90. The predicted octanol–water partition coefficient (Wildman–Crippen LogP) is 1.07. The summed E-state index contributed by atoms with van der Waals surface area (Å²) in [5, 5.41) is 7.02. The molecule has 1 aromatic carbocycles. The van der Waals surface area contributed by atoms with Gasteiger partial charge < -0.3 is 0 Å². The largest absolute Gasteiger partial charge is 0.240 e. The number of nitrogens with zero attached hydrogens (tertiary/aromatic N) is 1. The molecule has 0 amide bonds. The molecule has 4 nitrogen and oxygen atoms in total. The average molecular weight is 214 g/mol. The summed E-state index contributed by atoms with van der Waals surface area (Å²) < 4.78 is 22.0. The second kappa shape index (κ2) is 3.76. The van der Waals surface area contributed by atoms with Gasteiger partial charge in [0, 0.05) is 0 Å². The lowest BCUT2D eigenvalue weighted by atomic mass is 10.3. The van der Waals surface area contributed by atoms with E-state index in [0.717, 1.165) is 0 Å². The molecule has 1 rings (SSSR count). The molecule has 2 N–H and O–H groups in total. The van der Waals surface area contributed by atoms with Gasteiger partial charge in [0.2, 0.25) is 10.0 Å². The summed E-state index contributed by atoms with van der Waals surface area (Å²) >= 11 is 4.36. The van der Waals surface area contributed by atoms with Crippen LogP contribution < -0.4 is 5.14 Å². The second-order valence-corrected chi connectivity index (χ2v) is 3.93. The summed E-state index contributed by atoms with van der Waals surface area (Å²) in [5.74, 6) is 0. The average Bonchev–Trinajstić information content (AvgIpc) is 2.04. The van der Waals surface area contributed by atoms with E-state index in [9.17, 15) is 8.42 Å². The zero-order valence-electron chi connectivity index (χ0n) is 6.47. The summed E-state index contributed by atoms with van der Waals surface area (Å²) in [6.45, 7) is 0. The van der Waals surface area contributed by atoms with Crippen molar-refractivity contribution in [3.63, 3.8) is 0 Å². The van der Waals surface area contributed by atoms with Gasteiger partial charge >= 0.3 is 0 Å². The van der Waals surface area contributed by atoms with Crippen LogP contribution in [-0.4, -0.2) is 13.6 Å². The molecule has 0 heterocycles. The fourth-order valence-corrected chi connectivity index (χ4v) is 1.61. The third-order valence-corrected chi connectivity index (χ3v) is 2.39. The summed E-state index contributed by atoms with van der Waals surface area (Å²) in [4.78, 5) is 3.53. The number of rotatable bonds is 2. The highest BCUT2D eigenvalue weighted by Gasteiger charge is 2.11. The second-order valence-electron chi connectivity index (χ2n) is 2.22. The minimum absolute atomic E-state index is 0.0487. The minimum Gasteiger partial charge on any atom is -0.225 e. The molecule has 0 fully saturated rings. The van der Waals surface area contributed by atoms with Crippen LogP contribution in [0, 0.1) is 0 Å². The van der Waals surface area contributed by atoms with E-state index >= 15 is 0 Å². The maximum Gasteiger partial charge on any atom is 0.240 e. The molecular formula is C7H6N2O2S2. The van der Waals surface area contributed by atoms with Gasteiger partial charge in [-0.3, -0.25) is 0 Å².